The van der Waals surface area contributed by atoms with Gasteiger partial charge in [0.05, 0.1) is 31.9 Å². The van der Waals surface area contributed by atoms with Crippen molar-refractivity contribution >= 4 is 17.7 Å². The number of carbonyl (C=O) groups is 1. The second-order valence-corrected chi connectivity index (χ2v) is 7.09. The molecule has 3 nitrogen and oxygen atoms in total. The maximum absolute atomic E-state index is 11.4. The Kier molecular flexibility index (Phi) is 8.57. The quantitative estimate of drug-likeness (QED) is 0.482. The fourth-order valence-electron chi connectivity index (χ4n) is 2.13. The topological polar surface area (TPSA) is 26.3 Å². The molecule has 0 unspecified atom stereocenters. The van der Waals surface area contributed by atoms with E-state index in [1.807, 2.05) is 36.9 Å². The van der Waals surface area contributed by atoms with Crippen LogP contribution < -0.4 is 0 Å². The third-order valence-corrected chi connectivity index (χ3v) is 5.56. The first kappa shape index (κ1) is 19.0. The summed E-state index contributed by atoms with van der Waals surface area (Å²) in [5.41, 5.74) is 1.23. The van der Waals surface area contributed by atoms with Gasteiger partial charge in [-0.05, 0) is 19.4 Å². The van der Waals surface area contributed by atoms with E-state index in [-0.39, 0.29) is 11.2 Å². The van der Waals surface area contributed by atoms with E-state index in [4.69, 9.17) is 4.74 Å². The van der Waals surface area contributed by atoms with Crippen LogP contribution in [0.4, 0.5) is 0 Å². The highest BCUT2D eigenvalue weighted by Gasteiger charge is 2.19. The molecular formula is C18H30NO2S+. The van der Waals surface area contributed by atoms with Crippen LogP contribution in [-0.4, -0.2) is 49.5 Å². The maximum Gasteiger partial charge on any atom is 0.305 e. The normalized spacial score (nSPS) is 12.9. The Labute approximate surface area is 139 Å². The summed E-state index contributed by atoms with van der Waals surface area (Å²) in [5.74, 6) is 0.950. The van der Waals surface area contributed by atoms with Crippen molar-refractivity contribution in [1.29, 1.82) is 0 Å². The molecule has 124 valence electrons. The van der Waals surface area contributed by atoms with Crippen molar-refractivity contribution in [3.8, 4) is 0 Å². The second kappa shape index (κ2) is 9.90. The van der Waals surface area contributed by atoms with E-state index in [0.29, 0.717) is 13.0 Å². The summed E-state index contributed by atoms with van der Waals surface area (Å²) in [6.07, 6.45) is 0.437. The summed E-state index contributed by atoms with van der Waals surface area (Å²) in [6.45, 7) is 10.2. The van der Waals surface area contributed by atoms with Crippen LogP contribution in [0.15, 0.2) is 30.3 Å². The fraction of sp³-hybridized carbons (Fsp3) is 0.611. The van der Waals surface area contributed by atoms with E-state index in [0.717, 1.165) is 29.9 Å². The highest BCUT2D eigenvalue weighted by molar-refractivity contribution is 7.99. The number of benzene rings is 1. The maximum atomic E-state index is 11.4. The lowest BCUT2D eigenvalue weighted by atomic mass is 10.1. The predicted molar refractivity (Wildman–Crippen MR) is 95.0 cm³/mol. The third-order valence-electron chi connectivity index (χ3n) is 4.33. The summed E-state index contributed by atoms with van der Waals surface area (Å²) in [7, 11) is 2.30. The van der Waals surface area contributed by atoms with Gasteiger partial charge >= 0.3 is 5.97 Å². The van der Waals surface area contributed by atoms with Crippen molar-refractivity contribution in [3.63, 3.8) is 0 Å². The Morgan fingerprint density at radius 3 is 2.36 bits per heavy atom. The van der Waals surface area contributed by atoms with Crippen LogP contribution in [0.3, 0.4) is 0 Å². The van der Waals surface area contributed by atoms with Gasteiger partial charge in [-0.2, -0.15) is 0 Å². The monoisotopic (exact) mass is 324 g/mol. The Hall–Kier alpha value is -1.00. The van der Waals surface area contributed by atoms with Gasteiger partial charge in [-0.1, -0.05) is 37.3 Å². The Bertz CT molecular complexity index is 432. The lowest BCUT2D eigenvalue weighted by Gasteiger charge is -2.32. The first-order valence-electron chi connectivity index (χ1n) is 8.20. The van der Waals surface area contributed by atoms with Crippen molar-refractivity contribution < 1.29 is 14.0 Å². The molecule has 0 fully saturated rings. The number of nitrogens with zero attached hydrogens (tertiary/aromatic N) is 1. The largest absolute Gasteiger partial charge is 0.464 e. The van der Waals surface area contributed by atoms with Gasteiger partial charge in [0.1, 0.15) is 6.61 Å². The van der Waals surface area contributed by atoms with E-state index >= 15 is 0 Å². The van der Waals surface area contributed by atoms with E-state index in [1.165, 1.54) is 5.56 Å². The number of quaternary nitrogens is 1. The molecule has 0 spiro atoms. The lowest BCUT2D eigenvalue weighted by Crippen LogP contribution is -2.45. The molecule has 0 saturated heterocycles. The van der Waals surface area contributed by atoms with Crippen LogP contribution in [0.25, 0.3) is 0 Å². The number of ether oxygens (including phenoxy) is 1. The zero-order chi connectivity index (χ0) is 16.4. The number of hydrogen-bond donors (Lipinski definition) is 0. The van der Waals surface area contributed by atoms with Gasteiger partial charge in [0.15, 0.2) is 0 Å². The summed E-state index contributed by atoms with van der Waals surface area (Å²) in [5, 5.41) is 0.221. The molecule has 4 heteroatoms. The average molecular weight is 325 g/mol. The molecule has 0 radical (unpaired) electrons. The molecule has 0 saturated carbocycles. The minimum atomic E-state index is -0.121. The lowest BCUT2D eigenvalue weighted by molar-refractivity contribution is -0.903. The molecule has 0 aliphatic heterocycles. The molecule has 1 rings (SSSR count). The standard InChI is InChI=1S/C18H30NO2S/c1-5-18(20)21-15-17(16-11-9-8-10-12-16)22-14-13-19(4,6-2)7-3/h8-12,17H,5-7,13-15H2,1-4H3/q+1/t17-/m1/s1. The molecule has 0 aliphatic rings. The fourth-order valence-corrected chi connectivity index (χ4v) is 3.48. The van der Waals surface area contributed by atoms with Gasteiger partial charge in [-0.3, -0.25) is 4.79 Å². The van der Waals surface area contributed by atoms with Gasteiger partial charge in [-0.25, -0.2) is 0 Å². The van der Waals surface area contributed by atoms with E-state index in [9.17, 15) is 4.79 Å². The van der Waals surface area contributed by atoms with E-state index in [2.05, 4.69) is 33.0 Å². The van der Waals surface area contributed by atoms with Gasteiger partial charge in [0.25, 0.3) is 0 Å². The van der Waals surface area contributed by atoms with Gasteiger partial charge in [-0.15, -0.1) is 11.8 Å². The molecule has 0 amide bonds. The molecule has 1 atom stereocenters. The summed E-state index contributed by atoms with van der Waals surface area (Å²) >= 11 is 1.89. The molecule has 0 aromatic heterocycles. The van der Waals surface area contributed by atoms with Crippen LogP contribution in [-0.2, 0) is 9.53 Å². The highest BCUT2D eigenvalue weighted by atomic mass is 32.2. The van der Waals surface area contributed by atoms with Crippen LogP contribution in [0.1, 0.15) is 38.0 Å². The first-order chi connectivity index (χ1) is 10.5. The zero-order valence-electron chi connectivity index (χ0n) is 14.4. The smallest absolute Gasteiger partial charge is 0.305 e. The van der Waals surface area contributed by atoms with Gasteiger partial charge < -0.3 is 9.22 Å². The van der Waals surface area contributed by atoms with Crippen LogP contribution in [0.5, 0.6) is 0 Å². The predicted octanol–water partition coefficient (Wildman–Crippen LogP) is 3.90. The Morgan fingerprint density at radius 2 is 1.82 bits per heavy atom. The number of hydrogen-bond acceptors (Lipinski definition) is 3. The van der Waals surface area contributed by atoms with Gasteiger partial charge in [0, 0.05) is 12.2 Å². The summed E-state index contributed by atoms with van der Waals surface area (Å²) in [4.78, 5) is 11.4. The van der Waals surface area contributed by atoms with Crippen molar-refractivity contribution in [2.75, 3.05) is 39.0 Å². The van der Waals surface area contributed by atoms with Crippen LogP contribution in [0, 0.1) is 0 Å². The molecular weight excluding hydrogens is 294 g/mol. The van der Waals surface area contributed by atoms with Crippen molar-refractivity contribution in [3.05, 3.63) is 35.9 Å². The van der Waals surface area contributed by atoms with Crippen LogP contribution in [0.2, 0.25) is 0 Å². The molecule has 0 bridgehead atoms. The molecule has 0 N–H and O–H groups in total. The molecule has 1 aromatic rings. The number of rotatable bonds is 10. The van der Waals surface area contributed by atoms with Crippen LogP contribution >= 0.6 is 11.8 Å². The number of thioether (sulfide) groups is 1. The number of carbonyl (C=O) groups excluding carboxylic acids is 1. The summed E-state index contributed by atoms with van der Waals surface area (Å²) < 4.78 is 6.46. The second-order valence-electron chi connectivity index (χ2n) is 5.78. The Morgan fingerprint density at radius 1 is 1.18 bits per heavy atom. The van der Waals surface area contributed by atoms with E-state index in [1.54, 1.807) is 0 Å². The molecule has 22 heavy (non-hydrogen) atoms. The highest BCUT2D eigenvalue weighted by Crippen LogP contribution is 2.29. The first-order valence-corrected chi connectivity index (χ1v) is 9.25. The Balaban J connectivity index is 2.61. The molecule has 0 aliphatic carbocycles. The SMILES string of the molecule is CCC(=O)OC[C@@H](SCC[N+](C)(CC)CC)c1ccccc1. The summed E-state index contributed by atoms with van der Waals surface area (Å²) in [6, 6.07) is 10.3. The molecule has 1 aromatic carbocycles. The molecule has 0 heterocycles. The van der Waals surface area contributed by atoms with E-state index < -0.39 is 0 Å². The zero-order valence-corrected chi connectivity index (χ0v) is 15.2. The average Bonchev–Trinajstić information content (AvgIpc) is 2.58. The minimum absolute atomic E-state index is 0.121. The minimum Gasteiger partial charge on any atom is -0.464 e. The van der Waals surface area contributed by atoms with Crippen molar-refractivity contribution in [1.82, 2.24) is 0 Å². The van der Waals surface area contributed by atoms with Crippen molar-refractivity contribution in [2.24, 2.45) is 0 Å². The van der Waals surface area contributed by atoms with Gasteiger partial charge in [0.2, 0.25) is 0 Å². The number of esters is 1. The third kappa shape index (κ3) is 6.41. The van der Waals surface area contributed by atoms with Crippen molar-refractivity contribution in [2.45, 2.75) is 32.4 Å².